The van der Waals surface area contributed by atoms with Crippen molar-refractivity contribution in [1.82, 2.24) is 10.2 Å². The Bertz CT molecular complexity index is 682. The molecule has 8 heteroatoms. The molecule has 0 aromatic heterocycles. The molecular formula is C16H16Cl2N2O3S. The van der Waals surface area contributed by atoms with Crippen molar-refractivity contribution in [2.45, 2.75) is 37.8 Å². The SMILES string of the molecule is O=C(N[C@@H]1CCCC[C@H]1N1C(=O)CSC1=O)c1ccc(Cl)cc1Cl. The molecule has 3 amide bonds. The molecule has 1 saturated carbocycles. The fourth-order valence-corrected chi connectivity index (χ4v) is 4.45. The van der Waals surface area contributed by atoms with E-state index in [0.29, 0.717) is 17.0 Å². The molecule has 2 atom stereocenters. The number of nitrogens with one attached hydrogen (secondary N) is 1. The monoisotopic (exact) mass is 386 g/mol. The first-order valence-corrected chi connectivity index (χ1v) is 9.46. The van der Waals surface area contributed by atoms with Crippen LogP contribution in [-0.2, 0) is 4.79 Å². The molecule has 1 N–H and O–H groups in total. The Morgan fingerprint density at radius 1 is 1.21 bits per heavy atom. The van der Waals surface area contributed by atoms with E-state index in [9.17, 15) is 14.4 Å². The van der Waals surface area contributed by atoms with Crippen LogP contribution in [0.4, 0.5) is 4.79 Å². The van der Waals surface area contributed by atoms with Gasteiger partial charge in [-0.1, -0.05) is 47.8 Å². The number of amides is 3. The number of imide groups is 1. The lowest BCUT2D eigenvalue weighted by Gasteiger charge is -2.36. The summed E-state index contributed by atoms with van der Waals surface area (Å²) in [5.41, 5.74) is 0.332. The molecule has 0 radical (unpaired) electrons. The Hall–Kier alpha value is -1.24. The van der Waals surface area contributed by atoms with Crippen LogP contribution in [0.3, 0.4) is 0 Å². The second-order valence-corrected chi connectivity index (χ2v) is 7.64. The molecule has 3 rings (SSSR count). The highest BCUT2D eigenvalue weighted by molar-refractivity contribution is 8.14. The van der Waals surface area contributed by atoms with Gasteiger partial charge >= 0.3 is 0 Å². The lowest BCUT2D eigenvalue weighted by molar-refractivity contribution is -0.127. The number of carbonyl (C=O) groups excluding carboxylic acids is 3. The van der Waals surface area contributed by atoms with Crippen molar-refractivity contribution in [2.75, 3.05) is 5.75 Å². The summed E-state index contributed by atoms with van der Waals surface area (Å²) in [5, 5.41) is 3.45. The van der Waals surface area contributed by atoms with E-state index in [2.05, 4.69) is 5.32 Å². The van der Waals surface area contributed by atoms with E-state index < -0.39 is 0 Å². The summed E-state index contributed by atoms with van der Waals surface area (Å²) in [5.74, 6) is -0.320. The van der Waals surface area contributed by atoms with Crippen molar-refractivity contribution in [1.29, 1.82) is 0 Å². The average molecular weight is 387 g/mol. The van der Waals surface area contributed by atoms with Gasteiger partial charge in [-0.3, -0.25) is 19.3 Å². The van der Waals surface area contributed by atoms with Crippen LogP contribution in [-0.4, -0.2) is 39.8 Å². The van der Waals surface area contributed by atoms with Crippen molar-refractivity contribution in [3.8, 4) is 0 Å². The van der Waals surface area contributed by atoms with Gasteiger partial charge in [0.1, 0.15) is 0 Å². The Morgan fingerprint density at radius 2 is 1.96 bits per heavy atom. The second-order valence-electron chi connectivity index (χ2n) is 5.87. The molecule has 0 bridgehead atoms. The van der Waals surface area contributed by atoms with Crippen LogP contribution in [0, 0.1) is 0 Å². The van der Waals surface area contributed by atoms with Crippen molar-refractivity contribution in [3.63, 3.8) is 0 Å². The first kappa shape index (κ1) is 17.6. The maximum Gasteiger partial charge on any atom is 0.289 e. The van der Waals surface area contributed by atoms with Crippen LogP contribution in [0.2, 0.25) is 10.0 Å². The van der Waals surface area contributed by atoms with Crippen LogP contribution < -0.4 is 5.32 Å². The minimum Gasteiger partial charge on any atom is -0.347 e. The number of nitrogens with zero attached hydrogens (tertiary/aromatic N) is 1. The van der Waals surface area contributed by atoms with Crippen molar-refractivity contribution in [3.05, 3.63) is 33.8 Å². The average Bonchev–Trinajstić information content (AvgIpc) is 2.87. The zero-order valence-electron chi connectivity index (χ0n) is 12.8. The van der Waals surface area contributed by atoms with Crippen LogP contribution in [0.1, 0.15) is 36.0 Å². The summed E-state index contributed by atoms with van der Waals surface area (Å²) in [6.07, 6.45) is 3.31. The number of thioether (sulfide) groups is 1. The molecule has 1 aromatic rings. The highest BCUT2D eigenvalue weighted by Gasteiger charge is 2.41. The predicted octanol–water partition coefficient (Wildman–Crippen LogP) is 3.73. The summed E-state index contributed by atoms with van der Waals surface area (Å²) in [4.78, 5) is 37.9. The van der Waals surface area contributed by atoms with Gasteiger partial charge < -0.3 is 5.32 Å². The Labute approximate surface area is 154 Å². The number of benzene rings is 1. The van der Waals surface area contributed by atoms with E-state index in [1.807, 2.05) is 0 Å². The van der Waals surface area contributed by atoms with E-state index in [1.54, 1.807) is 12.1 Å². The molecule has 128 valence electrons. The molecule has 2 aliphatic rings. The standard InChI is InChI=1S/C16H16Cl2N2O3S/c17-9-5-6-10(11(18)7-9)15(22)19-12-3-1-2-4-13(12)20-14(21)8-24-16(20)23/h5-7,12-13H,1-4,8H2,(H,19,22)/t12-,13-/m1/s1. The maximum atomic E-state index is 12.5. The summed E-state index contributed by atoms with van der Waals surface area (Å²) in [6.45, 7) is 0. The van der Waals surface area contributed by atoms with Gasteiger partial charge in [-0.25, -0.2) is 0 Å². The van der Waals surface area contributed by atoms with Gasteiger partial charge in [-0.05, 0) is 31.0 Å². The van der Waals surface area contributed by atoms with E-state index >= 15 is 0 Å². The van der Waals surface area contributed by atoms with Crippen LogP contribution in [0.25, 0.3) is 0 Å². The topological polar surface area (TPSA) is 66.5 Å². The number of rotatable bonds is 3. The lowest BCUT2D eigenvalue weighted by atomic mass is 9.89. The third-order valence-electron chi connectivity index (χ3n) is 4.34. The van der Waals surface area contributed by atoms with Gasteiger partial charge in [-0.2, -0.15) is 0 Å². The second kappa shape index (κ2) is 7.33. The van der Waals surface area contributed by atoms with Gasteiger partial charge in [0, 0.05) is 5.02 Å². The van der Waals surface area contributed by atoms with E-state index in [1.165, 1.54) is 11.0 Å². The maximum absolute atomic E-state index is 12.5. The Balaban J connectivity index is 1.77. The molecule has 1 aromatic carbocycles. The summed E-state index contributed by atoms with van der Waals surface area (Å²) in [7, 11) is 0. The van der Waals surface area contributed by atoms with Crippen LogP contribution in [0.5, 0.6) is 0 Å². The van der Waals surface area contributed by atoms with Crippen LogP contribution in [0.15, 0.2) is 18.2 Å². The zero-order valence-corrected chi connectivity index (χ0v) is 15.1. The fraction of sp³-hybridized carbons (Fsp3) is 0.438. The Morgan fingerprint density at radius 3 is 2.62 bits per heavy atom. The third-order valence-corrected chi connectivity index (χ3v) is 5.72. The van der Waals surface area contributed by atoms with Gasteiger partial charge in [0.25, 0.3) is 11.1 Å². The fourth-order valence-electron chi connectivity index (χ4n) is 3.19. The molecule has 0 spiro atoms. The highest BCUT2D eigenvalue weighted by Crippen LogP contribution is 2.30. The summed E-state index contributed by atoms with van der Waals surface area (Å²) >= 11 is 13.0. The molecular weight excluding hydrogens is 371 g/mol. The number of halogens is 2. The van der Waals surface area contributed by atoms with E-state index in [4.69, 9.17) is 23.2 Å². The molecule has 1 aliphatic heterocycles. The predicted molar refractivity (Wildman–Crippen MR) is 94.7 cm³/mol. The van der Waals surface area contributed by atoms with E-state index in [0.717, 1.165) is 31.0 Å². The summed E-state index contributed by atoms with van der Waals surface area (Å²) in [6, 6.07) is 4.14. The normalized spacial score (nSPS) is 24.3. The molecule has 5 nitrogen and oxygen atoms in total. The largest absolute Gasteiger partial charge is 0.347 e. The van der Waals surface area contributed by atoms with Crippen molar-refractivity contribution < 1.29 is 14.4 Å². The zero-order chi connectivity index (χ0) is 17.3. The molecule has 0 unspecified atom stereocenters. The van der Waals surface area contributed by atoms with Gasteiger partial charge in [0.05, 0.1) is 28.4 Å². The van der Waals surface area contributed by atoms with Crippen molar-refractivity contribution >= 4 is 52.0 Å². The quantitative estimate of drug-likeness (QED) is 0.858. The smallest absolute Gasteiger partial charge is 0.289 e. The van der Waals surface area contributed by atoms with E-state index in [-0.39, 0.29) is 39.9 Å². The molecule has 1 heterocycles. The number of hydrogen-bond donors (Lipinski definition) is 1. The number of carbonyl (C=O) groups is 3. The molecule has 2 fully saturated rings. The lowest BCUT2D eigenvalue weighted by Crippen LogP contribution is -2.54. The number of hydrogen-bond acceptors (Lipinski definition) is 4. The van der Waals surface area contributed by atoms with Crippen LogP contribution >= 0.6 is 35.0 Å². The first-order valence-electron chi connectivity index (χ1n) is 7.72. The minimum absolute atomic E-state index is 0.180. The molecule has 1 saturated heterocycles. The van der Waals surface area contributed by atoms with Gasteiger partial charge in [-0.15, -0.1) is 0 Å². The highest BCUT2D eigenvalue weighted by atomic mass is 35.5. The van der Waals surface area contributed by atoms with Crippen molar-refractivity contribution in [2.24, 2.45) is 0 Å². The first-order chi connectivity index (χ1) is 11.5. The van der Waals surface area contributed by atoms with Gasteiger partial charge in [0.2, 0.25) is 5.91 Å². The Kier molecular flexibility index (Phi) is 5.37. The van der Waals surface area contributed by atoms with Gasteiger partial charge in [0.15, 0.2) is 0 Å². The third kappa shape index (κ3) is 3.55. The minimum atomic E-state index is -0.319. The molecule has 24 heavy (non-hydrogen) atoms. The molecule has 1 aliphatic carbocycles. The summed E-state index contributed by atoms with van der Waals surface area (Å²) < 4.78 is 0.